The molecule has 1 aliphatic heterocycles. The van der Waals surface area contributed by atoms with Gasteiger partial charge in [0.25, 0.3) is 5.56 Å². The van der Waals surface area contributed by atoms with Gasteiger partial charge in [-0.15, -0.1) is 9.42 Å². The lowest BCUT2D eigenvalue weighted by Gasteiger charge is -2.15. The highest BCUT2D eigenvalue weighted by molar-refractivity contribution is 8.76. The van der Waals surface area contributed by atoms with Crippen molar-refractivity contribution in [2.24, 2.45) is 5.73 Å². The number of ether oxygens (including phenoxy) is 2. The van der Waals surface area contributed by atoms with Crippen LogP contribution >= 0.6 is 29.8 Å². The highest BCUT2D eigenvalue weighted by Gasteiger charge is 2.39. The van der Waals surface area contributed by atoms with Crippen molar-refractivity contribution >= 4 is 29.8 Å². The van der Waals surface area contributed by atoms with Gasteiger partial charge in [-0.05, 0) is 6.26 Å². The van der Waals surface area contributed by atoms with E-state index in [-0.39, 0.29) is 18.7 Å². The van der Waals surface area contributed by atoms with Crippen molar-refractivity contribution in [1.29, 1.82) is 0 Å². The number of hydrogen-bond donors (Lipinski definition) is 3. The molecule has 0 saturated carbocycles. The molecule has 2 heterocycles. The maximum atomic E-state index is 12.2. The minimum Gasteiger partial charge on any atom is -0.364 e. The number of nitrogens with one attached hydrogen (secondary N) is 1. The minimum absolute atomic E-state index is 0.0697. The number of nitrogens with zero attached hydrogens (tertiary/aromatic N) is 1. The van der Waals surface area contributed by atoms with Crippen LogP contribution in [0.3, 0.4) is 0 Å². The van der Waals surface area contributed by atoms with Crippen molar-refractivity contribution < 1.29 is 23.5 Å². The number of H-pyrrole nitrogens is 1. The summed E-state index contributed by atoms with van der Waals surface area (Å²) in [5, 5.41) is 0. The summed E-state index contributed by atoms with van der Waals surface area (Å²) in [6, 6.07) is 0. The number of nitrogens with two attached hydrogens (primary N) is 1. The molecule has 1 unspecified atom stereocenters. The van der Waals surface area contributed by atoms with Crippen molar-refractivity contribution in [2.75, 3.05) is 25.3 Å². The van der Waals surface area contributed by atoms with Gasteiger partial charge in [-0.3, -0.25) is 14.3 Å². The molecule has 1 aromatic rings. The topological polar surface area (TPSA) is 146 Å². The van der Waals surface area contributed by atoms with Crippen LogP contribution in [0, 0.1) is 11.8 Å². The van der Waals surface area contributed by atoms with Crippen LogP contribution in [0.1, 0.15) is 18.2 Å². The number of rotatable bonds is 8. The molecule has 0 aromatic carbocycles. The summed E-state index contributed by atoms with van der Waals surface area (Å²) in [5.41, 5.74) is 4.12. The second kappa shape index (κ2) is 11.0. The lowest BCUT2D eigenvalue weighted by molar-refractivity contribution is -0.0509. The Morgan fingerprint density at radius 3 is 3.00 bits per heavy atom. The van der Waals surface area contributed by atoms with Crippen LogP contribution in [0.15, 0.2) is 15.8 Å². The molecular formula is C14H19N3O7PS2+. The van der Waals surface area contributed by atoms with Gasteiger partial charge in [0.1, 0.15) is 30.4 Å². The number of hydrogen-bond acceptors (Lipinski definition) is 9. The Hall–Kier alpha value is -1.16. The molecule has 10 nitrogen and oxygen atoms in total. The third kappa shape index (κ3) is 6.44. The van der Waals surface area contributed by atoms with Gasteiger partial charge in [0.2, 0.25) is 0 Å². The third-order valence-corrected chi connectivity index (χ3v) is 5.41. The highest BCUT2D eigenvalue weighted by atomic mass is 33.1. The average molecular weight is 436 g/mol. The molecule has 1 aromatic heterocycles. The molecule has 148 valence electrons. The predicted molar refractivity (Wildman–Crippen MR) is 102 cm³/mol. The van der Waals surface area contributed by atoms with Crippen molar-refractivity contribution in [3.8, 4) is 11.8 Å². The second-order valence-corrected chi connectivity index (χ2v) is 8.47. The molecule has 1 saturated heterocycles. The summed E-state index contributed by atoms with van der Waals surface area (Å²) >= 11 is 0. The van der Waals surface area contributed by atoms with Crippen molar-refractivity contribution in [3.63, 3.8) is 0 Å². The molecule has 0 radical (unpaired) electrons. The fourth-order valence-corrected chi connectivity index (χ4v) is 3.49. The van der Waals surface area contributed by atoms with Crippen LogP contribution in [0.2, 0.25) is 0 Å². The van der Waals surface area contributed by atoms with Gasteiger partial charge < -0.3 is 15.2 Å². The highest BCUT2D eigenvalue weighted by Crippen LogP contribution is 2.33. The molecule has 0 spiro atoms. The molecule has 0 aliphatic carbocycles. The maximum absolute atomic E-state index is 12.2. The van der Waals surface area contributed by atoms with Crippen molar-refractivity contribution in [2.45, 2.75) is 24.9 Å². The van der Waals surface area contributed by atoms with Crippen LogP contribution < -0.4 is 17.0 Å². The fourth-order valence-electron chi connectivity index (χ4n) is 2.43. The van der Waals surface area contributed by atoms with Crippen LogP contribution in [0.5, 0.6) is 0 Å². The zero-order valence-electron chi connectivity index (χ0n) is 14.3. The monoisotopic (exact) mass is 436 g/mol. The first-order chi connectivity index (χ1) is 13.0. The number of aromatic nitrogens is 2. The summed E-state index contributed by atoms with van der Waals surface area (Å²) in [6.07, 6.45) is 1.65. The standard InChI is InChI=1S/C14H18N3O7PS2/c1-26-27-8-22-10-5-12(24-11(10)7-23-25(20)21)17-6-9(3-2-4-15)13(18)16-14(17)19/h6,10-12H,4-5,7-8,15H2,1H3,(H-,16,18,19,20,21)/p+1/t10-,11+,12+/m0/s1. The molecular weight excluding hydrogens is 417 g/mol. The van der Waals surface area contributed by atoms with Crippen LogP contribution in [0.4, 0.5) is 0 Å². The normalized spacial score (nSPS) is 22.3. The van der Waals surface area contributed by atoms with E-state index in [1.807, 2.05) is 6.26 Å². The van der Waals surface area contributed by atoms with Gasteiger partial charge in [0.05, 0.1) is 12.6 Å². The van der Waals surface area contributed by atoms with E-state index in [1.54, 1.807) is 0 Å². The molecule has 0 bridgehead atoms. The van der Waals surface area contributed by atoms with E-state index in [0.29, 0.717) is 12.4 Å². The molecule has 27 heavy (non-hydrogen) atoms. The van der Waals surface area contributed by atoms with Gasteiger partial charge in [-0.25, -0.2) is 4.79 Å². The van der Waals surface area contributed by atoms with Crippen molar-refractivity contribution in [1.82, 2.24) is 9.55 Å². The Morgan fingerprint density at radius 2 is 2.33 bits per heavy atom. The lowest BCUT2D eigenvalue weighted by Crippen LogP contribution is -2.33. The van der Waals surface area contributed by atoms with Gasteiger partial charge >= 0.3 is 13.9 Å². The van der Waals surface area contributed by atoms with Gasteiger partial charge in [-0.1, -0.05) is 33.4 Å². The van der Waals surface area contributed by atoms with Gasteiger partial charge in [0, 0.05) is 17.2 Å². The Kier molecular flexibility index (Phi) is 9.01. The van der Waals surface area contributed by atoms with Crippen LogP contribution in [-0.2, 0) is 18.6 Å². The molecule has 4 atom stereocenters. The molecule has 1 aliphatic rings. The van der Waals surface area contributed by atoms with Crippen LogP contribution in [0.25, 0.3) is 0 Å². The smallest absolute Gasteiger partial charge is 0.364 e. The predicted octanol–water partition coefficient (Wildman–Crippen LogP) is 0.155. The van der Waals surface area contributed by atoms with E-state index in [9.17, 15) is 14.2 Å². The first-order valence-corrected chi connectivity index (χ1v) is 11.6. The lowest BCUT2D eigenvalue weighted by atomic mass is 10.2. The van der Waals surface area contributed by atoms with E-state index in [1.165, 1.54) is 32.4 Å². The quantitative estimate of drug-likeness (QED) is 0.169. The Labute approximate surface area is 163 Å². The number of aromatic amines is 1. The fraction of sp³-hybridized carbons (Fsp3) is 0.571. The second-order valence-electron chi connectivity index (χ2n) is 5.22. The van der Waals surface area contributed by atoms with E-state index in [4.69, 9.17) is 24.6 Å². The summed E-state index contributed by atoms with van der Waals surface area (Å²) in [6.45, 7) is -0.102. The maximum Gasteiger partial charge on any atom is 0.694 e. The SMILES string of the molecule is CSSCO[C@H]1C[C@H](n2cc(C#CCN)c(=O)[nH]c2=O)O[C@@H]1CO[P+](=O)O. The zero-order valence-corrected chi connectivity index (χ0v) is 16.9. The summed E-state index contributed by atoms with van der Waals surface area (Å²) < 4.78 is 28.3. The average Bonchev–Trinajstić information content (AvgIpc) is 3.02. The molecule has 2 rings (SSSR count). The Balaban J connectivity index is 2.23. The summed E-state index contributed by atoms with van der Waals surface area (Å²) in [5.74, 6) is 5.53. The first kappa shape index (κ1) is 22.1. The van der Waals surface area contributed by atoms with E-state index < -0.39 is 37.9 Å². The van der Waals surface area contributed by atoms with E-state index >= 15 is 0 Å². The molecule has 13 heteroatoms. The minimum atomic E-state index is -2.78. The summed E-state index contributed by atoms with van der Waals surface area (Å²) in [7, 11) is 0.224. The molecule has 1 fully saturated rings. The van der Waals surface area contributed by atoms with E-state index in [2.05, 4.69) is 16.8 Å². The van der Waals surface area contributed by atoms with E-state index in [0.717, 1.165) is 0 Å². The summed E-state index contributed by atoms with van der Waals surface area (Å²) in [4.78, 5) is 35.1. The van der Waals surface area contributed by atoms with Gasteiger partial charge in [-0.2, -0.15) is 0 Å². The largest absolute Gasteiger partial charge is 0.694 e. The van der Waals surface area contributed by atoms with Gasteiger partial charge in [0.15, 0.2) is 0 Å². The third-order valence-electron chi connectivity index (χ3n) is 3.58. The zero-order chi connectivity index (χ0) is 19.8. The molecule has 4 N–H and O–H groups in total. The van der Waals surface area contributed by atoms with Crippen molar-refractivity contribution in [3.05, 3.63) is 32.6 Å². The Morgan fingerprint density at radius 1 is 1.56 bits per heavy atom. The Bertz CT molecular complexity index is 834. The first-order valence-electron chi connectivity index (χ1n) is 7.72. The molecule has 0 amide bonds. The van der Waals surface area contributed by atoms with Crippen LogP contribution in [-0.4, -0.2) is 52.0 Å².